The number of carbonyl (C=O) groups is 2. The van der Waals surface area contributed by atoms with Crippen molar-refractivity contribution >= 4 is 33.8 Å². The van der Waals surface area contributed by atoms with Gasteiger partial charge in [-0.15, -0.1) is 11.3 Å². The first-order valence-electron chi connectivity index (χ1n) is 6.75. The number of aliphatic hydroxyl groups is 1. The predicted molar refractivity (Wildman–Crippen MR) is 82.1 cm³/mol. The number of anilines is 2. The molecule has 0 bridgehead atoms. The molecular formula is C14H20N2O4S. The predicted octanol–water partition coefficient (Wildman–Crippen LogP) is 1.67. The summed E-state index contributed by atoms with van der Waals surface area (Å²) in [5.41, 5.74) is 5.53. The normalized spacial score (nSPS) is 22.2. The molecule has 1 aliphatic rings. The molecule has 2 heterocycles. The molecule has 1 fully saturated rings. The van der Waals surface area contributed by atoms with Gasteiger partial charge in [0.05, 0.1) is 23.3 Å². The molecular weight excluding hydrogens is 292 g/mol. The molecule has 1 saturated heterocycles. The van der Waals surface area contributed by atoms with E-state index >= 15 is 0 Å². The minimum absolute atomic E-state index is 0.166. The van der Waals surface area contributed by atoms with Crippen LogP contribution in [0.3, 0.4) is 0 Å². The highest BCUT2D eigenvalue weighted by Gasteiger charge is 2.34. The van der Waals surface area contributed by atoms with Crippen molar-refractivity contribution in [1.82, 2.24) is 0 Å². The fourth-order valence-electron chi connectivity index (χ4n) is 2.61. The number of esters is 1. The van der Waals surface area contributed by atoms with Crippen LogP contribution in [0.1, 0.15) is 46.7 Å². The van der Waals surface area contributed by atoms with Gasteiger partial charge in [0.1, 0.15) is 10.6 Å². The van der Waals surface area contributed by atoms with Crippen LogP contribution in [0, 0.1) is 0 Å². The summed E-state index contributed by atoms with van der Waals surface area (Å²) in [7, 11) is 1.28. The van der Waals surface area contributed by atoms with E-state index in [9.17, 15) is 14.7 Å². The largest absolute Gasteiger partial charge is 0.465 e. The van der Waals surface area contributed by atoms with Crippen LogP contribution in [0.15, 0.2) is 0 Å². The van der Waals surface area contributed by atoms with Gasteiger partial charge in [0, 0.05) is 20.0 Å². The third-order valence-electron chi connectivity index (χ3n) is 3.60. The Labute approximate surface area is 127 Å². The molecule has 0 spiro atoms. The average Bonchev–Trinajstić information content (AvgIpc) is 2.74. The van der Waals surface area contributed by atoms with Crippen molar-refractivity contribution in [3.05, 3.63) is 10.4 Å². The molecule has 2 rings (SSSR count). The van der Waals surface area contributed by atoms with Crippen molar-refractivity contribution in [2.75, 3.05) is 30.8 Å². The number of β-amino-alcohol motifs (C(OH)–C–C–N with tert-alkyl or cyclic N) is 1. The van der Waals surface area contributed by atoms with E-state index in [4.69, 9.17) is 10.5 Å². The van der Waals surface area contributed by atoms with Gasteiger partial charge in [0.15, 0.2) is 5.78 Å². The van der Waals surface area contributed by atoms with Crippen LogP contribution < -0.4 is 10.6 Å². The second-order valence-electron chi connectivity index (χ2n) is 5.59. The number of Topliss-reactive ketones (excluding diaryl/α,β-unsaturated/α-hetero) is 1. The van der Waals surface area contributed by atoms with Crippen LogP contribution in [0.2, 0.25) is 0 Å². The Morgan fingerprint density at radius 2 is 2.14 bits per heavy atom. The number of carbonyl (C=O) groups excluding carboxylic acids is 2. The van der Waals surface area contributed by atoms with E-state index in [0.717, 1.165) is 6.42 Å². The number of hydrogen-bond acceptors (Lipinski definition) is 7. The van der Waals surface area contributed by atoms with Crippen molar-refractivity contribution in [1.29, 1.82) is 0 Å². The zero-order valence-electron chi connectivity index (χ0n) is 12.4. The second-order valence-corrected chi connectivity index (χ2v) is 6.59. The number of nitrogens with zero attached hydrogens (tertiary/aromatic N) is 1. The van der Waals surface area contributed by atoms with Crippen LogP contribution in [-0.4, -0.2) is 42.7 Å². The SMILES string of the molecule is COC(=O)c1c(N2CCCC(C)(O)C2)sc(C(C)=O)c1N. The van der Waals surface area contributed by atoms with E-state index < -0.39 is 11.6 Å². The lowest BCUT2D eigenvalue weighted by Crippen LogP contribution is -2.46. The number of ketones is 1. The van der Waals surface area contributed by atoms with E-state index in [1.807, 2.05) is 4.90 Å². The number of nitrogen functional groups attached to an aromatic ring is 1. The lowest BCUT2D eigenvalue weighted by Gasteiger charge is -2.37. The van der Waals surface area contributed by atoms with Gasteiger partial charge < -0.3 is 20.5 Å². The van der Waals surface area contributed by atoms with Crippen LogP contribution >= 0.6 is 11.3 Å². The molecule has 0 radical (unpaired) electrons. The third kappa shape index (κ3) is 3.03. The van der Waals surface area contributed by atoms with E-state index in [1.165, 1.54) is 25.4 Å². The molecule has 6 nitrogen and oxygen atoms in total. The van der Waals surface area contributed by atoms with Gasteiger partial charge in [-0.05, 0) is 19.8 Å². The highest BCUT2D eigenvalue weighted by molar-refractivity contribution is 7.19. The van der Waals surface area contributed by atoms with Gasteiger partial charge in [-0.25, -0.2) is 4.79 Å². The van der Waals surface area contributed by atoms with Crippen molar-refractivity contribution in [2.24, 2.45) is 0 Å². The first kappa shape index (κ1) is 15.8. The zero-order valence-corrected chi connectivity index (χ0v) is 13.2. The van der Waals surface area contributed by atoms with Crippen molar-refractivity contribution in [2.45, 2.75) is 32.3 Å². The molecule has 1 aliphatic heterocycles. The maximum Gasteiger partial charge on any atom is 0.343 e. The Balaban J connectivity index is 2.49. The molecule has 7 heteroatoms. The number of thiophene rings is 1. The summed E-state index contributed by atoms with van der Waals surface area (Å²) in [5.74, 6) is -0.742. The molecule has 1 aromatic heterocycles. The maximum atomic E-state index is 12.0. The first-order valence-corrected chi connectivity index (χ1v) is 7.57. The third-order valence-corrected chi connectivity index (χ3v) is 4.97. The lowest BCUT2D eigenvalue weighted by molar-refractivity contribution is 0.0446. The van der Waals surface area contributed by atoms with Crippen LogP contribution in [-0.2, 0) is 4.74 Å². The lowest BCUT2D eigenvalue weighted by atomic mass is 9.95. The molecule has 1 aromatic rings. The molecule has 1 atom stereocenters. The quantitative estimate of drug-likeness (QED) is 0.651. The molecule has 0 aromatic carbocycles. The molecule has 0 saturated carbocycles. The number of ether oxygens (including phenoxy) is 1. The molecule has 116 valence electrons. The van der Waals surface area contributed by atoms with Crippen LogP contribution in [0.4, 0.5) is 10.7 Å². The second kappa shape index (κ2) is 5.65. The highest BCUT2D eigenvalue weighted by Crippen LogP contribution is 2.41. The van der Waals surface area contributed by atoms with Crippen LogP contribution in [0.5, 0.6) is 0 Å². The van der Waals surface area contributed by atoms with Gasteiger partial charge in [0.25, 0.3) is 0 Å². The van der Waals surface area contributed by atoms with Gasteiger partial charge in [0.2, 0.25) is 0 Å². The Hall–Kier alpha value is -1.60. The average molecular weight is 312 g/mol. The molecule has 3 N–H and O–H groups in total. The molecule has 1 unspecified atom stereocenters. The summed E-state index contributed by atoms with van der Waals surface area (Å²) in [6.07, 6.45) is 1.51. The Morgan fingerprint density at radius 1 is 1.48 bits per heavy atom. The topological polar surface area (TPSA) is 92.9 Å². The summed E-state index contributed by atoms with van der Waals surface area (Å²) in [5, 5.41) is 10.8. The van der Waals surface area contributed by atoms with Crippen molar-refractivity contribution in [3.8, 4) is 0 Å². The van der Waals surface area contributed by atoms with Crippen molar-refractivity contribution in [3.63, 3.8) is 0 Å². The number of nitrogens with two attached hydrogens (primary N) is 1. The van der Waals surface area contributed by atoms with E-state index in [1.54, 1.807) is 6.92 Å². The number of piperidine rings is 1. The maximum absolute atomic E-state index is 12.0. The fraction of sp³-hybridized carbons (Fsp3) is 0.571. The minimum Gasteiger partial charge on any atom is -0.465 e. The van der Waals surface area contributed by atoms with Gasteiger partial charge in [-0.1, -0.05) is 0 Å². The van der Waals surface area contributed by atoms with E-state index in [2.05, 4.69) is 0 Å². The Kier molecular flexibility index (Phi) is 4.25. The summed E-state index contributed by atoms with van der Waals surface area (Å²) >= 11 is 1.18. The smallest absolute Gasteiger partial charge is 0.343 e. The standard InChI is InChI=1S/C14H20N2O4S/c1-8(17)11-10(15)9(13(18)20-3)12(21-11)16-6-4-5-14(2,19)7-16/h19H,4-7,15H2,1-3H3. The number of rotatable bonds is 3. The summed E-state index contributed by atoms with van der Waals surface area (Å²) in [6.45, 7) is 4.28. The Bertz CT molecular complexity index is 580. The monoisotopic (exact) mass is 312 g/mol. The van der Waals surface area contributed by atoms with Gasteiger partial charge in [-0.2, -0.15) is 0 Å². The van der Waals surface area contributed by atoms with E-state index in [-0.39, 0.29) is 17.0 Å². The van der Waals surface area contributed by atoms with Gasteiger partial charge in [-0.3, -0.25) is 4.79 Å². The van der Waals surface area contributed by atoms with E-state index in [0.29, 0.717) is 29.4 Å². The Morgan fingerprint density at radius 3 is 2.67 bits per heavy atom. The summed E-state index contributed by atoms with van der Waals surface area (Å²) in [6, 6.07) is 0. The number of methoxy groups -OCH3 is 1. The summed E-state index contributed by atoms with van der Waals surface area (Å²) in [4.78, 5) is 25.9. The van der Waals surface area contributed by atoms with Crippen molar-refractivity contribution < 1.29 is 19.4 Å². The first-order chi connectivity index (χ1) is 9.76. The highest BCUT2D eigenvalue weighted by atomic mass is 32.1. The molecule has 21 heavy (non-hydrogen) atoms. The minimum atomic E-state index is -0.819. The summed E-state index contributed by atoms with van der Waals surface area (Å²) < 4.78 is 4.78. The van der Waals surface area contributed by atoms with Crippen LogP contribution in [0.25, 0.3) is 0 Å². The number of hydrogen-bond donors (Lipinski definition) is 2. The fourth-order valence-corrected chi connectivity index (χ4v) is 3.74. The molecule has 0 aliphatic carbocycles. The zero-order chi connectivity index (χ0) is 15.8. The molecule has 0 amide bonds. The van der Waals surface area contributed by atoms with Gasteiger partial charge >= 0.3 is 5.97 Å².